The molecule has 25 heavy (non-hydrogen) atoms. The van der Waals surface area contributed by atoms with Gasteiger partial charge in [-0.15, -0.1) is 15.3 Å². The number of rotatable bonds is 3. The number of urea groups is 1. The summed E-state index contributed by atoms with van der Waals surface area (Å²) in [5, 5.41) is 18.6. The van der Waals surface area contributed by atoms with Crippen LogP contribution in [-0.4, -0.2) is 51.0 Å². The highest BCUT2D eigenvalue weighted by atomic mass is 16.2. The first kappa shape index (κ1) is 16.1. The van der Waals surface area contributed by atoms with Crippen molar-refractivity contribution >= 4 is 17.5 Å². The summed E-state index contributed by atoms with van der Waals surface area (Å²) < 4.78 is 1.69. The molecule has 2 aromatic heterocycles. The van der Waals surface area contributed by atoms with Crippen LogP contribution in [0, 0.1) is 0 Å². The van der Waals surface area contributed by atoms with Crippen LogP contribution in [0.2, 0.25) is 0 Å². The average molecular weight is 343 g/mol. The molecule has 1 aliphatic heterocycles. The molecule has 134 valence electrons. The lowest BCUT2D eigenvalue weighted by Gasteiger charge is -2.33. The Hall–Kier alpha value is -2.38. The first-order chi connectivity index (χ1) is 12.3. The van der Waals surface area contributed by atoms with Crippen LogP contribution in [0.4, 0.5) is 10.6 Å². The second-order valence-corrected chi connectivity index (χ2v) is 7.04. The number of nitrogens with one attached hydrogen (secondary N) is 2. The van der Waals surface area contributed by atoms with Crippen molar-refractivity contribution in [1.82, 2.24) is 30.4 Å². The smallest absolute Gasteiger partial charge is 0.315 e. The molecule has 2 fully saturated rings. The number of fused-ring (bicyclic) bond motifs is 1. The van der Waals surface area contributed by atoms with Gasteiger partial charge in [-0.25, -0.2) is 4.79 Å². The second-order valence-electron chi connectivity index (χ2n) is 7.04. The fourth-order valence-electron chi connectivity index (χ4n) is 3.80. The van der Waals surface area contributed by atoms with Crippen LogP contribution in [0.5, 0.6) is 0 Å². The minimum atomic E-state index is -0.00520. The Morgan fingerprint density at radius 1 is 1.00 bits per heavy atom. The molecule has 8 heteroatoms. The lowest BCUT2D eigenvalue weighted by Crippen LogP contribution is -2.50. The van der Waals surface area contributed by atoms with Crippen molar-refractivity contribution in [2.45, 2.75) is 57.0 Å². The van der Waals surface area contributed by atoms with Gasteiger partial charge in [-0.1, -0.05) is 19.3 Å². The van der Waals surface area contributed by atoms with Crippen molar-refractivity contribution in [2.24, 2.45) is 0 Å². The van der Waals surface area contributed by atoms with Crippen LogP contribution in [0.1, 0.15) is 44.9 Å². The predicted octanol–water partition coefficient (Wildman–Crippen LogP) is 1.72. The van der Waals surface area contributed by atoms with Gasteiger partial charge in [0.15, 0.2) is 5.65 Å². The van der Waals surface area contributed by atoms with Gasteiger partial charge in [0.05, 0.1) is 0 Å². The summed E-state index contributed by atoms with van der Waals surface area (Å²) in [5.41, 5.74) is 0.750. The fourth-order valence-corrected chi connectivity index (χ4v) is 3.80. The maximum absolute atomic E-state index is 12.2. The van der Waals surface area contributed by atoms with E-state index in [9.17, 15) is 4.79 Å². The Labute approximate surface area is 147 Å². The Morgan fingerprint density at radius 2 is 1.72 bits per heavy atom. The third kappa shape index (κ3) is 3.83. The van der Waals surface area contributed by atoms with Crippen LogP contribution in [0.15, 0.2) is 18.5 Å². The van der Waals surface area contributed by atoms with E-state index < -0.39 is 0 Å². The predicted molar refractivity (Wildman–Crippen MR) is 94.6 cm³/mol. The molecular formula is C17H25N7O. The van der Waals surface area contributed by atoms with Crippen molar-refractivity contribution < 1.29 is 4.79 Å². The standard InChI is InChI=1S/C17H25N7O/c25-17(19-13-4-2-1-3-5-13)20-14-8-10-23(11-9-14)16-7-6-15-21-18-12-24(15)22-16/h6-7,12-14H,1-5,8-11H2,(H2,19,20,25). The number of aromatic nitrogens is 4. The van der Waals surface area contributed by atoms with Crippen LogP contribution in [0.3, 0.4) is 0 Å². The molecule has 1 aliphatic carbocycles. The maximum atomic E-state index is 12.2. The minimum absolute atomic E-state index is 0.00520. The number of anilines is 1. The van der Waals surface area contributed by atoms with Gasteiger partial charge in [0.2, 0.25) is 0 Å². The molecule has 4 rings (SSSR count). The first-order valence-electron chi connectivity index (χ1n) is 9.27. The average Bonchev–Trinajstić information content (AvgIpc) is 3.11. The number of carbonyl (C=O) groups is 1. The summed E-state index contributed by atoms with van der Waals surface area (Å²) >= 11 is 0. The maximum Gasteiger partial charge on any atom is 0.315 e. The molecule has 2 N–H and O–H groups in total. The molecule has 0 bridgehead atoms. The normalized spacial score (nSPS) is 19.9. The third-order valence-corrected chi connectivity index (χ3v) is 5.24. The van der Waals surface area contributed by atoms with Crippen LogP contribution in [0.25, 0.3) is 5.65 Å². The van der Waals surface area contributed by atoms with Crippen molar-refractivity contribution in [3.05, 3.63) is 18.5 Å². The summed E-state index contributed by atoms with van der Waals surface area (Å²) in [5.74, 6) is 0.928. The monoisotopic (exact) mass is 343 g/mol. The van der Waals surface area contributed by atoms with Crippen molar-refractivity contribution in [2.75, 3.05) is 18.0 Å². The summed E-state index contributed by atoms with van der Waals surface area (Å²) in [6.07, 6.45) is 9.46. The number of nitrogens with zero attached hydrogens (tertiary/aromatic N) is 5. The van der Waals surface area contributed by atoms with Gasteiger partial charge >= 0.3 is 6.03 Å². The summed E-state index contributed by atoms with van der Waals surface area (Å²) in [6.45, 7) is 1.77. The molecule has 8 nitrogen and oxygen atoms in total. The van der Waals surface area contributed by atoms with Crippen molar-refractivity contribution in [1.29, 1.82) is 0 Å². The van der Waals surface area contributed by atoms with Crippen LogP contribution < -0.4 is 15.5 Å². The Morgan fingerprint density at radius 3 is 2.48 bits per heavy atom. The van der Waals surface area contributed by atoms with Gasteiger partial charge in [0, 0.05) is 25.2 Å². The summed E-state index contributed by atoms with van der Waals surface area (Å²) in [4.78, 5) is 14.4. The van der Waals surface area contributed by atoms with Gasteiger partial charge in [0.25, 0.3) is 0 Å². The van der Waals surface area contributed by atoms with E-state index in [1.54, 1.807) is 10.8 Å². The molecule has 3 heterocycles. The molecule has 0 aromatic carbocycles. The molecule has 1 saturated carbocycles. The molecular weight excluding hydrogens is 318 g/mol. The van der Waals surface area contributed by atoms with Gasteiger partial charge in [-0.3, -0.25) is 0 Å². The van der Waals surface area contributed by atoms with Gasteiger partial charge in [-0.05, 0) is 37.8 Å². The van der Waals surface area contributed by atoms with Gasteiger partial charge in [0.1, 0.15) is 12.1 Å². The number of piperidine rings is 1. The Bertz CT molecular complexity index is 717. The lowest BCUT2D eigenvalue weighted by atomic mass is 9.96. The SMILES string of the molecule is O=C(NC1CCCCC1)NC1CCN(c2ccc3nncn3n2)CC1. The minimum Gasteiger partial charge on any atom is -0.355 e. The number of amides is 2. The third-order valence-electron chi connectivity index (χ3n) is 5.24. The van der Waals surface area contributed by atoms with E-state index in [1.807, 2.05) is 12.1 Å². The summed E-state index contributed by atoms with van der Waals surface area (Å²) in [6, 6.07) is 4.49. The number of hydrogen-bond donors (Lipinski definition) is 2. The van der Waals surface area contributed by atoms with Crippen LogP contribution in [-0.2, 0) is 0 Å². The number of hydrogen-bond acceptors (Lipinski definition) is 5. The molecule has 0 spiro atoms. The van der Waals surface area contributed by atoms with E-state index in [0.29, 0.717) is 6.04 Å². The molecule has 0 unspecified atom stereocenters. The molecule has 1 saturated heterocycles. The van der Waals surface area contributed by atoms with Gasteiger partial charge in [-0.2, -0.15) is 4.52 Å². The van der Waals surface area contributed by atoms with E-state index in [4.69, 9.17) is 0 Å². The highest BCUT2D eigenvalue weighted by molar-refractivity contribution is 5.74. The number of carbonyl (C=O) groups excluding carboxylic acids is 1. The highest BCUT2D eigenvalue weighted by Gasteiger charge is 2.23. The molecule has 2 aromatic rings. The molecule has 0 radical (unpaired) electrons. The van der Waals surface area contributed by atoms with E-state index in [-0.39, 0.29) is 12.1 Å². The molecule has 2 aliphatic rings. The van der Waals surface area contributed by atoms with Crippen molar-refractivity contribution in [3.63, 3.8) is 0 Å². The zero-order valence-corrected chi connectivity index (χ0v) is 14.4. The molecule has 2 amide bonds. The zero-order chi connectivity index (χ0) is 17.1. The van der Waals surface area contributed by atoms with E-state index in [0.717, 1.165) is 50.2 Å². The quantitative estimate of drug-likeness (QED) is 0.886. The zero-order valence-electron chi connectivity index (χ0n) is 14.4. The van der Waals surface area contributed by atoms with E-state index in [1.165, 1.54) is 19.3 Å². The second kappa shape index (κ2) is 7.25. The molecule has 0 atom stereocenters. The van der Waals surface area contributed by atoms with E-state index in [2.05, 4.69) is 30.8 Å². The lowest BCUT2D eigenvalue weighted by molar-refractivity contribution is 0.226. The van der Waals surface area contributed by atoms with Gasteiger partial charge < -0.3 is 15.5 Å². The van der Waals surface area contributed by atoms with Crippen LogP contribution >= 0.6 is 0 Å². The Balaban J connectivity index is 1.26. The Kier molecular flexibility index (Phi) is 4.67. The topological polar surface area (TPSA) is 87.5 Å². The first-order valence-corrected chi connectivity index (χ1v) is 9.27. The van der Waals surface area contributed by atoms with Crippen molar-refractivity contribution in [3.8, 4) is 0 Å². The fraction of sp³-hybridized carbons (Fsp3) is 0.647. The van der Waals surface area contributed by atoms with E-state index >= 15 is 0 Å². The highest BCUT2D eigenvalue weighted by Crippen LogP contribution is 2.19. The summed E-state index contributed by atoms with van der Waals surface area (Å²) in [7, 11) is 0. The largest absolute Gasteiger partial charge is 0.355 e.